The summed E-state index contributed by atoms with van der Waals surface area (Å²) in [5.74, 6) is 0.385. The van der Waals surface area contributed by atoms with Crippen LogP contribution in [0.15, 0.2) is 23.1 Å². The van der Waals surface area contributed by atoms with Gasteiger partial charge in [-0.2, -0.15) is 5.26 Å². The van der Waals surface area contributed by atoms with Gasteiger partial charge in [-0.3, -0.25) is 0 Å². The summed E-state index contributed by atoms with van der Waals surface area (Å²) in [6, 6.07) is 7.68. The molecule has 0 amide bonds. The van der Waals surface area contributed by atoms with Gasteiger partial charge in [-0.05, 0) is 24.8 Å². The van der Waals surface area contributed by atoms with Crippen molar-refractivity contribution in [2.45, 2.75) is 17.4 Å². The maximum absolute atomic E-state index is 11.4. The van der Waals surface area contributed by atoms with Crippen molar-refractivity contribution < 1.29 is 8.42 Å². The number of anilines is 1. The summed E-state index contributed by atoms with van der Waals surface area (Å²) in [5, 5.41) is 12.4. The number of nitrogens with one attached hydrogen (secondary N) is 1. The molecule has 1 aliphatic rings. The molecule has 1 aliphatic heterocycles. The minimum absolute atomic E-state index is 0.0841. The highest BCUT2D eigenvalue weighted by Gasteiger charge is 2.28. The first kappa shape index (κ1) is 13.2. The first-order chi connectivity index (χ1) is 8.55. The van der Waals surface area contributed by atoms with Gasteiger partial charge in [0.15, 0.2) is 9.84 Å². The molecule has 1 unspecified atom stereocenters. The monoisotopic (exact) mass is 282 g/mol. The summed E-state index contributed by atoms with van der Waals surface area (Å²) in [6.45, 7) is 0. The van der Waals surface area contributed by atoms with E-state index in [0.29, 0.717) is 12.0 Å². The Morgan fingerprint density at radius 3 is 2.83 bits per heavy atom. The molecule has 0 bridgehead atoms. The summed E-state index contributed by atoms with van der Waals surface area (Å²) in [6.07, 6.45) is 2.52. The zero-order chi connectivity index (χ0) is 13.2. The van der Waals surface area contributed by atoms with Crippen LogP contribution in [-0.4, -0.2) is 32.2 Å². The number of sulfone groups is 1. The molecule has 6 heteroatoms. The van der Waals surface area contributed by atoms with Gasteiger partial charge in [0, 0.05) is 10.9 Å². The number of hydrogen-bond donors (Lipinski definition) is 1. The van der Waals surface area contributed by atoms with Gasteiger partial charge in [-0.1, -0.05) is 6.07 Å². The fourth-order valence-corrected chi connectivity index (χ4v) is 4.31. The van der Waals surface area contributed by atoms with Crippen LogP contribution in [0.2, 0.25) is 0 Å². The number of benzene rings is 1. The van der Waals surface area contributed by atoms with Gasteiger partial charge in [0.25, 0.3) is 0 Å². The van der Waals surface area contributed by atoms with E-state index in [4.69, 9.17) is 0 Å². The van der Waals surface area contributed by atoms with E-state index < -0.39 is 9.84 Å². The Balaban J connectivity index is 2.23. The van der Waals surface area contributed by atoms with Crippen LogP contribution in [0.25, 0.3) is 0 Å². The average Bonchev–Trinajstić information content (AvgIpc) is 2.68. The zero-order valence-electron chi connectivity index (χ0n) is 10.0. The molecule has 0 spiro atoms. The van der Waals surface area contributed by atoms with Gasteiger partial charge in [-0.15, -0.1) is 11.8 Å². The fourth-order valence-electron chi connectivity index (χ4n) is 2.07. The van der Waals surface area contributed by atoms with Crippen LogP contribution in [0, 0.1) is 11.3 Å². The second kappa shape index (κ2) is 5.21. The second-order valence-electron chi connectivity index (χ2n) is 4.24. The summed E-state index contributed by atoms with van der Waals surface area (Å²) < 4.78 is 22.8. The Bertz CT molecular complexity index is 591. The lowest BCUT2D eigenvalue weighted by Crippen LogP contribution is -2.21. The van der Waals surface area contributed by atoms with Crippen molar-refractivity contribution in [2.75, 3.05) is 23.1 Å². The molecule has 96 valence electrons. The van der Waals surface area contributed by atoms with Crippen LogP contribution in [0.3, 0.4) is 0 Å². The molecule has 1 N–H and O–H groups in total. The highest BCUT2D eigenvalue weighted by atomic mass is 32.2. The summed E-state index contributed by atoms with van der Waals surface area (Å²) in [5.41, 5.74) is 1.32. The Morgan fingerprint density at radius 1 is 1.50 bits per heavy atom. The molecule has 1 saturated heterocycles. The van der Waals surface area contributed by atoms with Gasteiger partial charge < -0.3 is 5.32 Å². The molecule has 1 aromatic carbocycles. The smallest absolute Gasteiger partial charge is 0.152 e. The third-order valence-electron chi connectivity index (χ3n) is 2.95. The standard InChI is InChI=1S/C12H14N2O2S2/c1-17-12-4-2-3-11(10(12)7-13)14-9-5-6-18(15,16)8-9/h2-4,9,14H,5-6,8H2,1H3. The highest BCUT2D eigenvalue weighted by molar-refractivity contribution is 7.98. The Hall–Kier alpha value is -1.19. The van der Waals surface area contributed by atoms with Crippen molar-refractivity contribution in [2.24, 2.45) is 0 Å². The number of hydrogen-bond acceptors (Lipinski definition) is 5. The molecule has 1 heterocycles. The third-order valence-corrected chi connectivity index (χ3v) is 5.50. The van der Waals surface area contributed by atoms with Crippen LogP contribution in [0.4, 0.5) is 5.69 Å². The average molecular weight is 282 g/mol. The first-order valence-electron chi connectivity index (χ1n) is 5.60. The Morgan fingerprint density at radius 2 is 2.28 bits per heavy atom. The molecule has 2 rings (SSSR count). The lowest BCUT2D eigenvalue weighted by Gasteiger charge is -2.15. The predicted octanol–water partition coefficient (Wildman–Crippen LogP) is 1.88. The Kier molecular flexibility index (Phi) is 3.83. The van der Waals surface area contributed by atoms with Crippen molar-refractivity contribution in [1.82, 2.24) is 0 Å². The van der Waals surface area contributed by atoms with E-state index in [2.05, 4.69) is 11.4 Å². The van der Waals surface area contributed by atoms with E-state index in [1.165, 1.54) is 11.8 Å². The van der Waals surface area contributed by atoms with E-state index in [1.54, 1.807) is 0 Å². The summed E-state index contributed by atoms with van der Waals surface area (Å²) >= 11 is 1.51. The van der Waals surface area contributed by atoms with Crippen LogP contribution < -0.4 is 5.32 Å². The van der Waals surface area contributed by atoms with E-state index in [0.717, 1.165) is 10.6 Å². The number of nitrogens with zero attached hydrogens (tertiary/aromatic N) is 1. The van der Waals surface area contributed by atoms with Crippen LogP contribution in [-0.2, 0) is 9.84 Å². The molecule has 0 aliphatic carbocycles. The predicted molar refractivity (Wildman–Crippen MR) is 73.6 cm³/mol. The summed E-state index contributed by atoms with van der Waals surface area (Å²) in [4.78, 5) is 0.906. The first-order valence-corrected chi connectivity index (χ1v) is 8.64. The van der Waals surface area contributed by atoms with Crippen LogP contribution in [0.5, 0.6) is 0 Å². The second-order valence-corrected chi connectivity index (χ2v) is 7.32. The maximum Gasteiger partial charge on any atom is 0.152 e. The van der Waals surface area contributed by atoms with Gasteiger partial charge in [0.2, 0.25) is 0 Å². The van der Waals surface area contributed by atoms with E-state index in [9.17, 15) is 13.7 Å². The molecule has 0 radical (unpaired) electrons. The van der Waals surface area contributed by atoms with Gasteiger partial charge in [0.05, 0.1) is 22.8 Å². The lowest BCUT2D eigenvalue weighted by atomic mass is 10.1. The molecule has 1 atom stereocenters. The molecule has 0 aromatic heterocycles. The van der Waals surface area contributed by atoms with Crippen molar-refractivity contribution in [1.29, 1.82) is 5.26 Å². The quantitative estimate of drug-likeness (QED) is 0.857. The Labute approximate surface area is 111 Å². The van der Waals surface area contributed by atoms with Crippen molar-refractivity contribution in [3.63, 3.8) is 0 Å². The molecular weight excluding hydrogens is 268 g/mol. The SMILES string of the molecule is CSc1cccc(NC2CCS(=O)(=O)C2)c1C#N. The minimum Gasteiger partial charge on any atom is -0.380 e. The normalized spacial score (nSPS) is 21.4. The minimum atomic E-state index is -2.90. The van der Waals surface area contributed by atoms with Crippen LogP contribution in [0.1, 0.15) is 12.0 Å². The van der Waals surface area contributed by atoms with Crippen molar-refractivity contribution >= 4 is 27.3 Å². The number of thioether (sulfide) groups is 1. The third kappa shape index (κ3) is 2.79. The molecule has 1 aromatic rings. The summed E-state index contributed by atoms with van der Waals surface area (Å²) in [7, 11) is -2.90. The topological polar surface area (TPSA) is 70.0 Å². The zero-order valence-corrected chi connectivity index (χ0v) is 11.6. The maximum atomic E-state index is 11.4. The van der Waals surface area contributed by atoms with E-state index in [1.807, 2.05) is 24.5 Å². The number of nitriles is 1. The van der Waals surface area contributed by atoms with Gasteiger partial charge in [0.1, 0.15) is 6.07 Å². The van der Waals surface area contributed by atoms with Crippen molar-refractivity contribution in [3.05, 3.63) is 23.8 Å². The molecular formula is C12H14N2O2S2. The molecule has 1 fully saturated rings. The van der Waals surface area contributed by atoms with Crippen LogP contribution >= 0.6 is 11.8 Å². The molecule has 4 nitrogen and oxygen atoms in total. The van der Waals surface area contributed by atoms with Crippen molar-refractivity contribution in [3.8, 4) is 6.07 Å². The lowest BCUT2D eigenvalue weighted by molar-refractivity contribution is 0.602. The largest absolute Gasteiger partial charge is 0.380 e. The van der Waals surface area contributed by atoms with E-state index in [-0.39, 0.29) is 17.5 Å². The number of rotatable bonds is 3. The molecule has 0 saturated carbocycles. The van der Waals surface area contributed by atoms with Gasteiger partial charge in [-0.25, -0.2) is 8.42 Å². The fraction of sp³-hybridized carbons (Fsp3) is 0.417. The highest BCUT2D eigenvalue weighted by Crippen LogP contribution is 2.28. The van der Waals surface area contributed by atoms with Gasteiger partial charge >= 0.3 is 0 Å². The molecule has 18 heavy (non-hydrogen) atoms. The van der Waals surface area contributed by atoms with E-state index >= 15 is 0 Å².